The van der Waals surface area contributed by atoms with Gasteiger partial charge in [0.1, 0.15) is 0 Å². The lowest BCUT2D eigenvalue weighted by molar-refractivity contribution is 0.325. The van der Waals surface area contributed by atoms with Gasteiger partial charge in [-0.1, -0.05) is 95.1 Å². The number of pyridine rings is 2. The third-order valence-corrected chi connectivity index (χ3v) is 19.9. The van der Waals surface area contributed by atoms with Crippen LogP contribution in [0, 0.1) is 27.7 Å². The fourth-order valence-corrected chi connectivity index (χ4v) is 14.3. The molecule has 362 valence electrons. The number of hydrogen-bond acceptors (Lipinski definition) is 10. The second-order valence-electron chi connectivity index (χ2n) is 17.6. The number of sulfonamides is 4. The predicted molar refractivity (Wildman–Crippen MR) is 268 cm³/mol. The zero-order valence-electron chi connectivity index (χ0n) is 39.1. The number of hydrogen-bond donors (Lipinski definition) is 0. The first-order valence-electron chi connectivity index (χ1n) is 22.8. The van der Waals surface area contributed by atoms with Gasteiger partial charge in [-0.25, -0.2) is 43.6 Å². The number of rotatable bonds is 8. The van der Waals surface area contributed by atoms with Gasteiger partial charge in [-0.3, -0.25) is 0 Å². The molecular formula is C51H56N6O8S4. The van der Waals surface area contributed by atoms with Gasteiger partial charge in [0.15, 0.2) is 0 Å². The summed E-state index contributed by atoms with van der Waals surface area (Å²) < 4.78 is 121. The first-order chi connectivity index (χ1) is 32.8. The highest BCUT2D eigenvalue weighted by atomic mass is 32.2. The largest absolute Gasteiger partial charge is 0.249 e. The van der Waals surface area contributed by atoms with Crippen LogP contribution in [0.2, 0.25) is 0 Å². The molecule has 0 aliphatic carbocycles. The first-order valence-corrected chi connectivity index (χ1v) is 28.5. The molecular weight excluding hydrogens is 953 g/mol. The Kier molecular flexibility index (Phi) is 14.8. The van der Waals surface area contributed by atoms with Crippen LogP contribution < -0.4 is 0 Å². The quantitative estimate of drug-likeness (QED) is 0.136. The van der Waals surface area contributed by atoms with Crippen LogP contribution in [0.25, 0.3) is 21.8 Å². The molecule has 1 aliphatic heterocycles. The minimum atomic E-state index is -4.17. The van der Waals surface area contributed by atoms with Crippen molar-refractivity contribution in [1.82, 2.24) is 27.2 Å². The van der Waals surface area contributed by atoms with Gasteiger partial charge < -0.3 is 0 Å². The van der Waals surface area contributed by atoms with Crippen molar-refractivity contribution >= 4 is 61.9 Å². The lowest BCUT2D eigenvalue weighted by Crippen LogP contribution is -2.40. The van der Waals surface area contributed by atoms with E-state index in [1.165, 1.54) is 41.5 Å². The molecule has 2 aromatic heterocycles. The number of nitrogens with zero attached hydrogens (tertiary/aromatic N) is 6. The average molecular weight is 1010 g/mol. The van der Waals surface area contributed by atoms with Crippen LogP contribution in [-0.4, -0.2) is 100 Å². The second kappa shape index (κ2) is 20.5. The standard InChI is InChI=1S/C51H56N6O8S4/c1-38-8-22-46(23-9-38)66(58,59)54-30-5-31-55(67(60,61)47-24-10-39(2)11-25-47)33-7-35-57(69(64,65)49-28-14-41(4)15-29-49)37-45-21-19-43-17-16-42-18-20-44(52-50(42)51(43)53-45)36-56(34-6-32-54)68(62,63)48-26-12-40(3)13-27-48/h8-29H,5-7,30-37H2,1-4H3. The summed E-state index contributed by atoms with van der Waals surface area (Å²) in [5.41, 5.74) is 5.31. The van der Waals surface area contributed by atoms with Crippen molar-refractivity contribution in [3.63, 3.8) is 0 Å². The molecule has 0 fully saturated rings. The monoisotopic (exact) mass is 1010 g/mol. The summed E-state index contributed by atoms with van der Waals surface area (Å²) in [5, 5.41) is 1.47. The van der Waals surface area contributed by atoms with Crippen LogP contribution in [0.4, 0.5) is 0 Å². The highest BCUT2D eigenvalue weighted by molar-refractivity contribution is 7.90. The fourth-order valence-electron chi connectivity index (χ4n) is 8.37. The Bertz CT molecular complexity index is 3200. The molecule has 7 aromatic rings. The molecule has 0 unspecified atom stereocenters. The number of fused-ring (bicyclic) bond motifs is 2. The van der Waals surface area contributed by atoms with E-state index in [1.807, 2.05) is 52.0 Å². The van der Waals surface area contributed by atoms with E-state index in [9.17, 15) is 33.7 Å². The van der Waals surface area contributed by atoms with E-state index in [-0.39, 0.29) is 91.2 Å². The normalized spacial score (nSPS) is 16.6. The third-order valence-electron chi connectivity index (χ3n) is 12.4. The summed E-state index contributed by atoms with van der Waals surface area (Å²) in [6.07, 6.45) is 0.252. The van der Waals surface area contributed by atoms with Crippen molar-refractivity contribution in [2.24, 2.45) is 0 Å². The van der Waals surface area contributed by atoms with Crippen LogP contribution >= 0.6 is 0 Å². The summed E-state index contributed by atoms with van der Waals surface area (Å²) in [6, 6.07) is 36.9. The number of aryl methyl sites for hydroxylation is 4. The first kappa shape index (κ1) is 50.0. The predicted octanol–water partition coefficient (Wildman–Crippen LogP) is 7.96. The Balaban J connectivity index is 1.25. The molecule has 5 aromatic carbocycles. The second-order valence-corrected chi connectivity index (χ2v) is 25.4. The summed E-state index contributed by atoms with van der Waals surface area (Å²) in [7, 11) is -16.6. The molecule has 4 bridgehead atoms. The van der Waals surface area contributed by atoms with E-state index in [1.54, 1.807) is 84.9 Å². The highest BCUT2D eigenvalue weighted by Gasteiger charge is 2.31. The molecule has 69 heavy (non-hydrogen) atoms. The Morgan fingerprint density at radius 1 is 0.319 bits per heavy atom. The average Bonchev–Trinajstić information content (AvgIpc) is 3.32. The molecule has 18 heteroatoms. The van der Waals surface area contributed by atoms with Crippen LogP contribution in [0.15, 0.2) is 153 Å². The topological polar surface area (TPSA) is 175 Å². The van der Waals surface area contributed by atoms with E-state index in [2.05, 4.69) is 0 Å². The zero-order valence-corrected chi connectivity index (χ0v) is 42.3. The van der Waals surface area contributed by atoms with Crippen molar-refractivity contribution < 1.29 is 33.7 Å². The Hall–Kier alpha value is -5.44. The molecule has 0 saturated heterocycles. The van der Waals surface area contributed by atoms with Gasteiger partial charge in [0.05, 0.1) is 55.1 Å². The number of benzene rings is 5. The Labute approximate surface area is 406 Å². The molecule has 0 spiro atoms. The Morgan fingerprint density at radius 3 is 0.826 bits per heavy atom. The van der Waals surface area contributed by atoms with Crippen LogP contribution in [0.3, 0.4) is 0 Å². The zero-order chi connectivity index (χ0) is 49.1. The molecule has 0 amide bonds. The van der Waals surface area contributed by atoms with Gasteiger partial charge >= 0.3 is 0 Å². The van der Waals surface area contributed by atoms with E-state index in [4.69, 9.17) is 9.97 Å². The van der Waals surface area contributed by atoms with Gasteiger partial charge in [-0.15, -0.1) is 0 Å². The van der Waals surface area contributed by atoms with Gasteiger partial charge in [0, 0.05) is 50.0 Å². The van der Waals surface area contributed by atoms with Crippen molar-refractivity contribution in [2.45, 2.75) is 79.6 Å². The fraction of sp³-hybridized carbons (Fsp3) is 0.294. The van der Waals surface area contributed by atoms with Crippen LogP contribution in [-0.2, 0) is 53.2 Å². The lowest BCUT2D eigenvalue weighted by atomic mass is 10.1. The number of aromatic nitrogens is 2. The molecule has 1 aliphatic rings. The van der Waals surface area contributed by atoms with E-state index in [0.29, 0.717) is 22.4 Å². The van der Waals surface area contributed by atoms with Crippen LogP contribution in [0.1, 0.15) is 52.9 Å². The SMILES string of the molecule is Cc1ccc(S(=O)(=O)N2CCCN(S(=O)(=O)c3ccc(C)cc3)CCCN(S(=O)(=O)c3ccc(C)cc3)Cc3ccc4ccc5ccc(nc5c4n3)CN(S(=O)(=O)c3ccc(C)cc3)CCC2)cc1. The van der Waals surface area contributed by atoms with Crippen molar-refractivity contribution in [3.8, 4) is 0 Å². The molecule has 3 heterocycles. The van der Waals surface area contributed by atoms with E-state index >= 15 is 0 Å². The van der Waals surface area contributed by atoms with E-state index < -0.39 is 40.1 Å². The molecule has 0 radical (unpaired) electrons. The maximum Gasteiger partial charge on any atom is 0.243 e. The van der Waals surface area contributed by atoms with Crippen LogP contribution in [0.5, 0.6) is 0 Å². The van der Waals surface area contributed by atoms with Gasteiger partial charge in [0.25, 0.3) is 0 Å². The maximum absolute atomic E-state index is 14.6. The van der Waals surface area contributed by atoms with Crippen molar-refractivity contribution in [1.29, 1.82) is 0 Å². The minimum Gasteiger partial charge on any atom is -0.249 e. The highest BCUT2D eigenvalue weighted by Crippen LogP contribution is 2.28. The molecule has 14 nitrogen and oxygen atoms in total. The summed E-state index contributed by atoms with van der Waals surface area (Å²) in [6.45, 7) is 6.60. The molecule has 8 rings (SSSR count). The third kappa shape index (κ3) is 11.1. The molecule has 0 atom stereocenters. The summed E-state index contributed by atoms with van der Waals surface area (Å²) in [5.74, 6) is 0. The summed E-state index contributed by atoms with van der Waals surface area (Å²) >= 11 is 0. The van der Waals surface area contributed by atoms with Gasteiger partial charge in [0.2, 0.25) is 40.1 Å². The van der Waals surface area contributed by atoms with Crippen molar-refractivity contribution in [3.05, 3.63) is 167 Å². The maximum atomic E-state index is 14.6. The van der Waals surface area contributed by atoms with E-state index in [0.717, 1.165) is 33.0 Å². The van der Waals surface area contributed by atoms with Crippen molar-refractivity contribution in [2.75, 3.05) is 39.3 Å². The lowest BCUT2D eigenvalue weighted by Gasteiger charge is -2.28. The minimum absolute atomic E-state index is 0.0470. The molecule has 0 saturated carbocycles. The smallest absolute Gasteiger partial charge is 0.243 e. The Morgan fingerprint density at radius 2 is 0.551 bits per heavy atom. The summed E-state index contributed by atoms with van der Waals surface area (Å²) in [4.78, 5) is 10.2. The molecule has 0 N–H and O–H groups in total. The van der Waals surface area contributed by atoms with Gasteiger partial charge in [-0.2, -0.15) is 17.2 Å². The van der Waals surface area contributed by atoms with Gasteiger partial charge in [-0.05, 0) is 108 Å².